The molecule has 3 heteroatoms. The van der Waals surface area contributed by atoms with Crippen molar-refractivity contribution in [2.45, 2.75) is 43.5 Å². The number of nitrogens with one attached hydrogen (secondary N) is 1. The summed E-state index contributed by atoms with van der Waals surface area (Å²) in [4.78, 5) is 0. The van der Waals surface area contributed by atoms with Crippen molar-refractivity contribution in [3.8, 4) is 0 Å². The fraction of sp³-hybridized carbons (Fsp3) is 1.00. The first-order valence-corrected chi connectivity index (χ1v) is 4.38. The number of hydrazine groups is 1. The Balaban J connectivity index is 2.35. The molecule has 60 valence electrons. The lowest BCUT2D eigenvalue weighted by atomic mass is 10.1. The molecular weight excluding hydrogens is 148 g/mol. The van der Waals surface area contributed by atoms with Crippen LogP contribution in [0.25, 0.3) is 0 Å². The molecule has 0 unspecified atom stereocenters. The summed E-state index contributed by atoms with van der Waals surface area (Å²) in [5.41, 5.74) is 2.76. The minimum Gasteiger partial charge on any atom is -0.271 e. The molecule has 2 nitrogen and oxygen atoms in total. The molecule has 0 aromatic heterocycles. The number of nitrogens with two attached hydrogens (primary N) is 1. The highest BCUT2D eigenvalue weighted by molar-refractivity contribution is 6.21. The lowest BCUT2D eigenvalue weighted by molar-refractivity contribution is 0.478. The van der Waals surface area contributed by atoms with Crippen molar-refractivity contribution >= 4 is 11.6 Å². The molecule has 0 aliphatic heterocycles. The molecule has 1 aliphatic carbocycles. The average molecular weight is 163 g/mol. The van der Waals surface area contributed by atoms with Crippen LogP contribution in [0.5, 0.6) is 0 Å². The van der Waals surface area contributed by atoms with Gasteiger partial charge in [0.15, 0.2) is 0 Å². The fourth-order valence-electron chi connectivity index (χ4n) is 1.45. The van der Waals surface area contributed by atoms with Gasteiger partial charge < -0.3 is 0 Å². The van der Waals surface area contributed by atoms with Crippen LogP contribution in [0.15, 0.2) is 0 Å². The SMILES string of the molecule is NN[C@@H]1CCCCC[C@H]1Cl. The lowest BCUT2D eigenvalue weighted by Crippen LogP contribution is -2.40. The van der Waals surface area contributed by atoms with Gasteiger partial charge in [0.05, 0.1) is 5.38 Å². The van der Waals surface area contributed by atoms with Gasteiger partial charge in [-0.1, -0.05) is 19.3 Å². The Kier molecular flexibility index (Phi) is 3.46. The quantitative estimate of drug-likeness (QED) is 0.265. The van der Waals surface area contributed by atoms with E-state index in [1.807, 2.05) is 0 Å². The third kappa shape index (κ3) is 2.11. The summed E-state index contributed by atoms with van der Waals surface area (Å²) in [7, 11) is 0. The standard InChI is InChI=1S/C7H15ClN2/c8-6-4-2-1-3-5-7(6)10-9/h6-7,10H,1-5,9H2/t6-,7-/m1/s1. The van der Waals surface area contributed by atoms with Gasteiger partial charge in [0.1, 0.15) is 0 Å². The number of hydrogen-bond acceptors (Lipinski definition) is 2. The average Bonchev–Trinajstić information content (AvgIpc) is 2.13. The third-order valence-electron chi connectivity index (χ3n) is 2.15. The van der Waals surface area contributed by atoms with Gasteiger partial charge in [-0.15, -0.1) is 11.6 Å². The topological polar surface area (TPSA) is 38.0 Å². The summed E-state index contributed by atoms with van der Waals surface area (Å²) >= 11 is 6.04. The maximum atomic E-state index is 6.04. The van der Waals surface area contributed by atoms with Crippen LogP contribution in [0, 0.1) is 0 Å². The summed E-state index contributed by atoms with van der Waals surface area (Å²) in [5, 5.41) is 0.243. The van der Waals surface area contributed by atoms with Gasteiger partial charge in [-0.25, -0.2) is 0 Å². The Labute approximate surface area is 67.1 Å². The zero-order valence-corrected chi connectivity index (χ0v) is 6.90. The van der Waals surface area contributed by atoms with E-state index in [9.17, 15) is 0 Å². The minimum absolute atomic E-state index is 0.243. The van der Waals surface area contributed by atoms with Crippen molar-refractivity contribution in [1.82, 2.24) is 5.43 Å². The van der Waals surface area contributed by atoms with E-state index < -0.39 is 0 Å². The number of halogens is 1. The second-order valence-electron chi connectivity index (χ2n) is 2.93. The number of hydrogen-bond donors (Lipinski definition) is 2. The zero-order chi connectivity index (χ0) is 7.40. The Bertz CT molecular complexity index is 97.6. The van der Waals surface area contributed by atoms with Crippen LogP contribution in [0.3, 0.4) is 0 Å². The molecule has 0 spiro atoms. The van der Waals surface area contributed by atoms with Crippen LogP contribution in [0.2, 0.25) is 0 Å². The minimum atomic E-state index is 0.243. The summed E-state index contributed by atoms with van der Waals surface area (Å²) < 4.78 is 0. The maximum Gasteiger partial charge on any atom is 0.0502 e. The smallest absolute Gasteiger partial charge is 0.0502 e. The van der Waals surface area contributed by atoms with Crippen LogP contribution in [-0.2, 0) is 0 Å². The predicted octanol–water partition coefficient (Wildman–Crippen LogP) is 1.39. The normalized spacial score (nSPS) is 35.4. The highest BCUT2D eigenvalue weighted by Crippen LogP contribution is 2.21. The van der Waals surface area contributed by atoms with Gasteiger partial charge in [-0.05, 0) is 12.8 Å². The third-order valence-corrected chi connectivity index (χ3v) is 2.67. The van der Waals surface area contributed by atoms with E-state index in [0.29, 0.717) is 6.04 Å². The maximum absolute atomic E-state index is 6.04. The monoisotopic (exact) mass is 162 g/mol. The molecule has 0 bridgehead atoms. The molecule has 10 heavy (non-hydrogen) atoms. The van der Waals surface area contributed by atoms with Crippen molar-refractivity contribution in [2.75, 3.05) is 0 Å². The van der Waals surface area contributed by atoms with E-state index in [0.717, 1.165) is 12.8 Å². The molecule has 3 N–H and O–H groups in total. The van der Waals surface area contributed by atoms with Crippen molar-refractivity contribution in [2.24, 2.45) is 5.84 Å². The van der Waals surface area contributed by atoms with Crippen molar-refractivity contribution < 1.29 is 0 Å². The number of alkyl halides is 1. The Morgan fingerprint density at radius 1 is 1.20 bits per heavy atom. The first-order valence-electron chi connectivity index (χ1n) is 3.95. The van der Waals surface area contributed by atoms with E-state index in [1.165, 1.54) is 19.3 Å². The van der Waals surface area contributed by atoms with Crippen LogP contribution < -0.4 is 11.3 Å². The van der Waals surface area contributed by atoms with Crippen LogP contribution in [0.1, 0.15) is 32.1 Å². The van der Waals surface area contributed by atoms with E-state index >= 15 is 0 Å². The van der Waals surface area contributed by atoms with Crippen molar-refractivity contribution in [1.29, 1.82) is 0 Å². The van der Waals surface area contributed by atoms with Gasteiger partial charge in [-0.2, -0.15) is 0 Å². The van der Waals surface area contributed by atoms with E-state index in [1.54, 1.807) is 0 Å². The fourth-order valence-corrected chi connectivity index (χ4v) is 1.80. The van der Waals surface area contributed by atoms with Crippen LogP contribution in [-0.4, -0.2) is 11.4 Å². The molecule has 0 radical (unpaired) electrons. The van der Waals surface area contributed by atoms with Crippen molar-refractivity contribution in [3.63, 3.8) is 0 Å². The first-order chi connectivity index (χ1) is 4.84. The van der Waals surface area contributed by atoms with E-state index in [-0.39, 0.29) is 5.38 Å². The van der Waals surface area contributed by atoms with Gasteiger partial charge in [-0.3, -0.25) is 11.3 Å². The second-order valence-corrected chi connectivity index (χ2v) is 3.49. The Hall–Kier alpha value is 0.210. The molecule has 0 saturated heterocycles. The van der Waals surface area contributed by atoms with Gasteiger partial charge >= 0.3 is 0 Å². The van der Waals surface area contributed by atoms with E-state index in [2.05, 4.69) is 5.43 Å². The molecule has 1 fully saturated rings. The molecule has 1 rings (SSSR count). The highest BCUT2D eigenvalue weighted by Gasteiger charge is 2.19. The Morgan fingerprint density at radius 3 is 2.60 bits per heavy atom. The molecule has 0 heterocycles. The van der Waals surface area contributed by atoms with Crippen LogP contribution >= 0.6 is 11.6 Å². The molecule has 1 aliphatic rings. The molecule has 1 saturated carbocycles. The van der Waals surface area contributed by atoms with Crippen LogP contribution in [0.4, 0.5) is 0 Å². The largest absolute Gasteiger partial charge is 0.271 e. The summed E-state index contributed by atoms with van der Waals surface area (Å²) in [5.74, 6) is 5.33. The molecular formula is C7H15ClN2. The van der Waals surface area contributed by atoms with E-state index in [4.69, 9.17) is 17.4 Å². The number of rotatable bonds is 1. The van der Waals surface area contributed by atoms with Gasteiger partial charge in [0.2, 0.25) is 0 Å². The first kappa shape index (κ1) is 8.31. The molecule has 2 atom stereocenters. The predicted molar refractivity (Wildman–Crippen MR) is 43.8 cm³/mol. The molecule has 0 aromatic rings. The van der Waals surface area contributed by atoms with Gasteiger partial charge in [0, 0.05) is 6.04 Å². The lowest BCUT2D eigenvalue weighted by Gasteiger charge is -2.17. The van der Waals surface area contributed by atoms with Crippen molar-refractivity contribution in [3.05, 3.63) is 0 Å². The molecule has 0 aromatic carbocycles. The zero-order valence-electron chi connectivity index (χ0n) is 6.15. The summed E-state index contributed by atoms with van der Waals surface area (Å²) in [6.45, 7) is 0. The highest BCUT2D eigenvalue weighted by atomic mass is 35.5. The summed E-state index contributed by atoms with van der Waals surface area (Å²) in [6.07, 6.45) is 6.06. The summed E-state index contributed by atoms with van der Waals surface area (Å²) in [6, 6.07) is 0.337. The van der Waals surface area contributed by atoms with Gasteiger partial charge in [0.25, 0.3) is 0 Å². The Morgan fingerprint density at radius 2 is 1.90 bits per heavy atom. The molecule has 0 amide bonds. The second kappa shape index (κ2) is 4.16.